The molecule has 106 valence electrons. The molecule has 0 saturated carbocycles. The van der Waals surface area contributed by atoms with Crippen molar-refractivity contribution in [3.8, 4) is 0 Å². The first kappa shape index (κ1) is 15.5. The quantitative estimate of drug-likeness (QED) is 0.829. The summed E-state index contributed by atoms with van der Waals surface area (Å²) in [5, 5.41) is 8.52. The molecule has 1 aromatic rings. The standard InChI is InChI=1S/C11H13F2NO4S/c1-7(4-11(15)16)6-14-19(17,18)10-5-8(12)2-3-9(10)13/h2-3,5,7,14H,4,6H2,1H3,(H,15,16). The molecule has 0 heterocycles. The van der Waals surface area contributed by atoms with E-state index < -0.39 is 38.4 Å². The zero-order valence-corrected chi connectivity index (χ0v) is 10.9. The maximum atomic E-state index is 13.3. The lowest BCUT2D eigenvalue weighted by atomic mass is 10.1. The molecule has 0 fully saturated rings. The molecule has 2 N–H and O–H groups in total. The second-order valence-corrected chi connectivity index (χ2v) is 5.87. The Bertz CT molecular complexity index is 574. The maximum absolute atomic E-state index is 13.3. The van der Waals surface area contributed by atoms with Gasteiger partial charge in [0.1, 0.15) is 16.5 Å². The average molecular weight is 293 g/mol. The molecular weight excluding hydrogens is 280 g/mol. The maximum Gasteiger partial charge on any atom is 0.303 e. The predicted molar refractivity (Wildman–Crippen MR) is 63.0 cm³/mol. The first-order valence-electron chi connectivity index (χ1n) is 5.39. The zero-order chi connectivity index (χ0) is 14.6. The molecule has 5 nitrogen and oxygen atoms in total. The van der Waals surface area contributed by atoms with Gasteiger partial charge < -0.3 is 5.11 Å². The highest BCUT2D eigenvalue weighted by molar-refractivity contribution is 7.89. The smallest absolute Gasteiger partial charge is 0.303 e. The van der Waals surface area contributed by atoms with Crippen LogP contribution in [0.25, 0.3) is 0 Å². The molecule has 0 spiro atoms. The SMILES string of the molecule is CC(CNS(=O)(=O)c1cc(F)ccc1F)CC(=O)O. The largest absolute Gasteiger partial charge is 0.481 e. The third-order valence-corrected chi connectivity index (χ3v) is 3.77. The van der Waals surface area contributed by atoms with Crippen molar-refractivity contribution >= 4 is 16.0 Å². The van der Waals surface area contributed by atoms with Crippen molar-refractivity contribution in [2.24, 2.45) is 5.92 Å². The van der Waals surface area contributed by atoms with Crippen molar-refractivity contribution in [2.75, 3.05) is 6.54 Å². The van der Waals surface area contributed by atoms with Crippen LogP contribution in [0.1, 0.15) is 13.3 Å². The number of carboxylic acids is 1. The van der Waals surface area contributed by atoms with Crippen molar-refractivity contribution < 1.29 is 27.1 Å². The number of aliphatic carboxylic acids is 1. The van der Waals surface area contributed by atoms with Crippen LogP contribution in [0.4, 0.5) is 8.78 Å². The van der Waals surface area contributed by atoms with Gasteiger partial charge in [-0.3, -0.25) is 4.79 Å². The molecule has 1 atom stereocenters. The Kier molecular flexibility index (Phi) is 4.96. The fraction of sp³-hybridized carbons (Fsp3) is 0.364. The van der Waals surface area contributed by atoms with E-state index in [1.54, 1.807) is 0 Å². The van der Waals surface area contributed by atoms with Crippen LogP contribution in [-0.2, 0) is 14.8 Å². The van der Waals surface area contributed by atoms with E-state index in [0.29, 0.717) is 12.1 Å². The van der Waals surface area contributed by atoms with Crippen molar-refractivity contribution in [3.05, 3.63) is 29.8 Å². The van der Waals surface area contributed by atoms with Gasteiger partial charge in [-0.05, 0) is 24.1 Å². The lowest BCUT2D eigenvalue weighted by molar-refractivity contribution is -0.137. The topological polar surface area (TPSA) is 83.5 Å². The van der Waals surface area contributed by atoms with Gasteiger partial charge in [0.25, 0.3) is 0 Å². The molecular formula is C11H13F2NO4S. The number of hydrogen-bond donors (Lipinski definition) is 2. The van der Waals surface area contributed by atoms with Crippen LogP contribution < -0.4 is 4.72 Å². The summed E-state index contributed by atoms with van der Waals surface area (Å²) in [7, 11) is -4.20. The van der Waals surface area contributed by atoms with E-state index in [1.165, 1.54) is 6.92 Å². The molecule has 0 aromatic heterocycles. The first-order chi connectivity index (χ1) is 8.72. The first-order valence-corrected chi connectivity index (χ1v) is 6.87. The molecule has 1 aromatic carbocycles. The summed E-state index contributed by atoms with van der Waals surface area (Å²) in [6, 6.07) is 2.09. The second kappa shape index (κ2) is 6.07. The summed E-state index contributed by atoms with van der Waals surface area (Å²) in [5.41, 5.74) is 0. The number of carbonyl (C=O) groups is 1. The monoisotopic (exact) mass is 293 g/mol. The summed E-state index contributed by atoms with van der Waals surface area (Å²) in [4.78, 5) is 9.62. The molecule has 19 heavy (non-hydrogen) atoms. The predicted octanol–water partition coefficient (Wildman–Crippen LogP) is 1.35. The summed E-state index contributed by atoms with van der Waals surface area (Å²) >= 11 is 0. The van der Waals surface area contributed by atoms with E-state index in [0.717, 1.165) is 6.07 Å². The molecule has 0 aliphatic heterocycles. The van der Waals surface area contributed by atoms with Crippen LogP contribution in [-0.4, -0.2) is 26.0 Å². The third kappa shape index (κ3) is 4.56. The Morgan fingerprint density at radius 3 is 2.63 bits per heavy atom. The Morgan fingerprint density at radius 2 is 2.05 bits per heavy atom. The third-order valence-electron chi connectivity index (χ3n) is 2.33. The van der Waals surface area contributed by atoms with Gasteiger partial charge in [0.05, 0.1) is 0 Å². The van der Waals surface area contributed by atoms with E-state index >= 15 is 0 Å². The van der Waals surface area contributed by atoms with E-state index in [9.17, 15) is 22.0 Å². The highest BCUT2D eigenvalue weighted by Crippen LogP contribution is 2.16. The molecule has 1 rings (SSSR count). The fourth-order valence-corrected chi connectivity index (χ4v) is 2.64. The Morgan fingerprint density at radius 1 is 1.42 bits per heavy atom. The normalized spacial score (nSPS) is 13.2. The molecule has 0 radical (unpaired) electrons. The lowest BCUT2D eigenvalue weighted by Gasteiger charge is -2.11. The number of sulfonamides is 1. The van der Waals surface area contributed by atoms with E-state index in [-0.39, 0.29) is 13.0 Å². The van der Waals surface area contributed by atoms with Crippen LogP contribution in [0.3, 0.4) is 0 Å². The van der Waals surface area contributed by atoms with Crippen molar-refractivity contribution in [1.29, 1.82) is 0 Å². The van der Waals surface area contributed by atoms with Gasteiger partial charge in [-0.15, -0.1) is 0 Å². The number of carboxylic acid groups (broad SMARTS) is 1. The average Bonchev–Trinajstić information content (AvgIpc) is 2.29. The Balaban J connectivity index is 2.81. The summed E-state index contributed by atoms with van der Waals surface area (Å²) < 4.78 is 51.7. The molecule has 0 aliphatic rings. The highest BCUT2D eigenvalue weighted by atomic mass is 32.2. The summed E-state index contributed by atoms with van der Waals surface area (Å²) in [6.07, 6.45) is -0.228. The lowest BCUT2D eigenvalue weighted by Crippen LogP contribution is -2.30. The van der Waals surface area contributed by atoms with E-state index in [2.05, 4.69) is 4.72 Å². The minimum atomic E-state index is -4.20. The van der Waals surface area contributed by atoms with Crippen molar-refractivity contribution in [2.45, 2.75) is 18.2 Å². The zero-order valence-electron chi connectivity index (χ0n) is 10.1. The molecule has 1 unspecified atom stereocenters. The van der Waals surface area contributed by atoms with E-state index in [4.69, 9.17) is 5.11 Å². The molecule has 0 aliphatic carbocycles. The van der Waals surface area contributed by atoms with E-state index in [1.807, 2.05) is 0 Å². The van der Waals surface area contributed by atoms with Gasteiger partial charge in [-0.2, -0.15) is 0 Å². The number of nitrogens with one attached hydrogen (secondary N) is 1. The number of rotatable bonds is 6. The van der Waals surface area contributed by atoms with Crippen molar-refractivity contribution in [1.82, 2.24) is 4.72 Å². The molecule has 0 saturated heterocycles. The van der Waals surface area contributed by atoms with Gasteiger partial charge >= 0.3 is 5.97 Å². The number of benzene rings is 1. The van der Waals surface area contributed by atoms with Gasteiger partial charge in [0.2, 0.25) is 10.0 Å². The van der Waals surface area contributed by atoms with Gasteiger partial charge in [-0.25, -0.2) is 21.9 Å². The molecule has 0 amide bonds. The van der Waals surface area contributed by atoms with Crippen molar-refractivity contribution in [3.63, 3.8) is 0 Å². The fourth-order valence-electron chi connectivity index (χ4n) is 1.38. The van der Waals surface area contributed by atoms with Gasteiger partial charge in [-0.1, -0.05) is 6.92 Å². The molecule has 0 bridgehead atoms. The Hall–Kier alpha value is -1.54. The van der Waals surface area contributed by atoms with Crippen LogP contribution in [0.15, 0.2) is 23.1 Å². The van der Waals surface area contributed by atoms with Gasteiger partial charge in [0, 0.05) is 13.0 Å². The Labute approximate surface area is 109 Å². The van der Waals surface area contributed by atoms with Crippen LogP contribution in [0.2, 0.25) is 0 Å². The van der Waals surface area contributed by atoms with Crippen LogP contribution in [0.5, 0.6) is 0 Å². The highest BCUT2D eigenvalue weighted by Gasteiger charge is 2.21. The second-order valence-electron chi connectivity index (χ2n) is 4.13. The summed E-state index contributed by atoms with van der Waals surface area (Å²) in [6.45, 7) is 1.35. The molecule has 8 heteroatoms. The van der Waals surface area contributed by atoms with Crippen LogP contribution in [0, 0.1) is 17.6 Å². The number of halogens is 2. The van der Waals surface area contributed by atoms with Gasteiger partial charge in [0.15, 0.2) is 0 Å². The minimum absolute atomic E-state index is 0.176. The number of hydrogen-bond acceptors (Lipinski definition) is 3. The summed E-state index contributed by atoms with van der Waals surface area (Å²) in [5.74, 6) is -3.48. The minimum Gasteiger partial charge on any atom is -0.481 e. The van der Waals surface area contributed by atoms with Crippen LogP contribution >= 0.6 is 0 Å².